The lowest BCUT2D eigenvalue weighted by molar-refractivity contribution is 0.0522. The van der Waals surface area contributed by atoms with E-state index in [1.807, 2.05) is 31.0 Å². The van der Waals surface area contributed by atoms with Crippen LogP contribution >= 0.6 is 11.3 Å². The van der Waals surface area contributed by atoms with Gasteiger partial charge in [0.05, 0.1) is 17.8 Å². The third-order valence-electron chi connectivity index (χ3n) is 8.22. The second-order valence-corrected chi connectivity index (χ2v) is 11.8. The largest absolute Gasteiger partial charge is 0.494 e. The Morgan fingerprint density at radius 2 is 1.88 bits per heavy atom. The number of methoxy groups -OCH3 is 1. The topological polar surface area (TPSA) is 77.3 Å². The van der Waals surface area contributed by atoms with E-state index in [2.05, 4.69) is 12.0 Å². The molecule has 0 atom stereocenters. The fourth-order valence-electron chi connectivity index (χ4n) is 5.72. The Kier molecular flexibility index (Phi) is 4.72. The predicted molar refractivity (Wildman–Crippen MR) is 131 cm³/mol. The molecule has 3 aliphatic rings. The van der Waals surface area contributed by atoms with E-state index in [0.717, 1.165) is 46.6 Å². The summed E-state index contributed by atoms with van der Waals surface area (Å²) in [6.07, 6.45) is 5.50. The Hall–Kier alpha value is -2.74. The van der Waals surface area contributed by atoms with Gasteiger partial charge in [0.1, 0.15) is 17.0 Å². The summed E-state index contributed by atoms with van der Waals surface area (Å²) in [7, 11) is 3.51. The zero-order chi connectivity index (χ0) is 23.8. The van der Waals surface area contributed by atoms with Crippen LogP contribution in [-0.4, -0.2) is 51.6 Å². The number of ketones is 1. The quantitative estimate of drug-likeness (QED) is 0.556. The highest BCUT2D eigenvalue weighted by molar-refractivity contribution is 7.12. The zero-order valence-electron chi connectivity index (χ0n) is 20.2. The van der Waals surface area contributed by atoms with Crippen molar-refractivity contribution in [1.82, 2.24) is 19.7 Å². The summed E-state index contributed by atoms with van der Waals surface area (Å²) in [5, 5.41) is 6.57. The molecule has 0 radical (unpaired) electrons. The molecule has 6 rings (SSSR count). The molecule has 178 valence electrons. The fraction of sp³-hybridized carbons (Fsp3) is 0.538. The number of benzene rings is 1. The number of fused-ring (bicyclic) bond motifs is 2. The van der Waals surface area contributed by atoms with Gasteiger partial charge in [0.25, 0.3) is 5.91 Å². The molecule has 0 bridgehead atoms. The van der Waals surface area contributed by atoms with E-state index >= 15 is 0 Å². The fourth-order valence-corrected chi connectivity index (χ4v) is 7.18. The number of hydrogen-bond donors (Lipinski definition) is 0. The van der Waals surface area contributed by atoms with Gasteiger partial charge >= 0.3 is 0 Å². The highest BCUT2D eigenvalue weighted by atomic mass is 32.1. The highest BCUT2D eigenvalue weighted by Crippen LogP contribution is 2.52. The molecule has 1 saturated heterocycles. The first-order valence-corrected chi connectivity index (χ1v) is 12.9. The van der Waals surface area contributed by atoms with Gasteiger partial charge in [0.15, 0.2) is 5.78 Å². The number of carbonyl (C=O) groups excluding carboxylic acids is 2. The molecule has 1 amide bonds. The van der Waals surface area contributed by atoms with E-state index in [1.54, 1.807) is 23.1 Å². The van der Waals surface area contributed by atoms with Crippen LogP contribution in [0.25, 0.3) is 10.9 Å². The first-order valence-electron chi connectivity index (χ1n) is 12.1. The maximum absolute atomic E-state index is 13.5. The first kappa shape index (κ1) is 21.8. The lowest BCUT2D eigenvalue weighted by atomic mass is 9.68. The Labute approximate surface area is 203 Å². The van der Waals surface area contributed by atoms with Gasteiger partial charge in [-0.1, -0.05) is 6.92 Å². The first-order chi connectivity index (χ1) is 16.2. The van der Waals surface area contributed by atoms with Crippen LogP contribution < -0.4 is 4.74 Å². The van der Waals surface area contributed by atoms with E-state index in [9.17, 15) is 9.59 Å². The predicted octanol–water partition coefficient (Wildman–Crippen LogP) is 4.45. The SMILES string of the molecule is COc1cc(C(=O)N2CCC3(CC2)CC(=O)c2nc(C4(C)CC4)sc2C3)cc2c(C)nn(C)c12. The van der Waals surface area contributed by atoms with Crippen molar-refractivity contribution in [3.05, 3.63) is 39.0 Å². The van der Waals surface area contributed by atoms with E-state index in [1.165, 1.54) is 17.7 Å². The molecular weight excluding hydrogens is 448 g/mol. The third-order valence-corrected chi connectivity index (χ3v) is 9.58. The van der Waals surface area contributed by atoms with Gasteiger partial charge < -0.3 is 9.64 Å². The van der Waals surface area contributed by atoms with Crippen molar-refractivity contribution in [1.29, 1.82) is 0 Å². The molecule has 3 heterocycles. The maximum atomic E-state index is 13.5. The second-order valence-electron chi connectivity index (χ2n) is 10.7. The molecule has 1 saturated carbocycles. The van der Waals surface area contributed by atoms with Crippen LogP contribution in [0.3, 0.4) is 0 Å². The molecule has 1 aromatic carbocycles. The minimum absolute atomic E-state index is 0.0165. The molecule has 2 aromatic heterocycles. The molecule has 2 aliphatic carbocycles. The van der Waals surface area contributed by atoms with Crippen LogP contribution in [-0.2, 0) is 18.9 Å². The number of Topliss-reactive ketones (excluding diaryl/α,β-unsaturated/α-hetero) is 1. The van der Waals surface area contributed by atoms with E-state index in [0.29, 0.717) is 30.8 Å². The molecule has 1 spiro atoms. The second kappa shape index (κ2) is 7.38. The molecule has 1 aliphatic heterocycles. The van der Waals surface area contributed by atoms with Gasteiger partial charge in [-0.15, -0.1) is 11.3 Å². The highest BCUT2D eigenvalue weighted by Gasteiger charge is 2.47. The van der Waals surface area contributed by atoms with Crippen LogP contribution in [0.15, 0.2) is 12.1 Å². The molecule has 34 heavy (non-hydrogen) atoms. The van der Waals surface area contributed by atoms with Crippen LogP contribution in [0.1, 0.15) is 75.5 Å². The maximum Gasteiger partial charge on any atom is 0.254 e. The van der Waals surface area contributed by atoms with Gasteiger partial charge in [-0.05, 0) is 56.6 Å². The summed E-state index contributed by atoms with van der Waals surface area (Å²) in [5.74, 6) is 0.867. The van der Waals surface area contributed by atoms with Gasteiger partial charge in [0, 0.05) is 47.8 Å². The Bertz CT molecular complexity index is 1340. The number of aryl methyl sites for hydroxylation is 2. The molecule has 0 N–H and O–H groups in total. The molecule has 3 aromatic rings. The Morgan fingerprint density at radius 1 is 1.15 bits per heavy atom. The summed E-state index contributed by atoms with van der Waals surface area (Å²) in [5.41, 5.74) is 3.28. The molecule has 7 nitrogen and oxygen atoms in total. The Balaban J connectivity index is 1.21. The van der Waals surface area contributed by atoms with Gasteiger partial charge in [-0.25, -0.2) is 4.98 Å². The molecule has 8 heteroatoms. The lowest BCUT2D eigenvalue weighted by Crippen LogP contribution is -2.46. The number of likely N-dealkylation sites (tertiary alicyclic amines) is 1. The Morgan fingerprint density at radius 3 is 2.56 bits per heavy atom. The van der Waals surface area contributed by atoms with E-state index in [-0.39, 0.29) is 22.5 Å². The number of thiazole rings is 1. The number of aromatic nitrogens is 3. The van der Waals surface area contributed by atoms with Crippen molar-refractivity contribution in [2.24, 2.45) is 12.5 Å². The average Bonchev–Trinajstić information content (AvgIpc) is 3.30. The van der Waals surface area contributed by atoms with Crippen molar-refractivity contribution in [3.63, 3.8) is 0 Å². The van der Waals surface area contributed by atoms with E-state index in [4.69, 9.17) is 9.72 Å². The summed E-state index contributed by atoms with van der Waals surface area (Å²) < 4.78 is 7.39. The lowest BCUT2D eigenvalue weighted by Gasteiger charge is -2.43. The summed E-state index contributed by atoms with van der Waals surface area (Å²) >= 11 is 1.75. The van der Waals surface area contributed by atoms with Crippen LogP contribution in [0.2, 0.25) is 0 Å². The standard InChI is InChI=1S/C26H30N4O3S/c1-15-17-11-16(12-19(33-4)22(17)29(3)28-15)23(32)30-9-7-26(8-10-30)13-18(31)21-20(14-26)34-24(27-21)25(2)5-6-25/h11-12H,5-10,13-14H2,1-4H3. The average molecular weight is 479 g/mol. The smallest absolute Gasteiger partial charge is 0.254 e. The molecule has 0 unspecified atom stereocenters. The monoisotopic (exact) mass is 478 g/mol. The van der Waals surface area contributed by atoms with Crippen molar-refractivity contribution < 1.29 is 14.3 Å². The number of rotatable bonds is 3. The summed E-state index contributed by atoms with van der Waals surface area (Å²) in [6, 6.07) is 3.75. The zero-order valence-corrected chi connectivity index (χ0v) is 21.0. The van der Waals surface area contributed by atoms with Crippen molar-refractivity contribution >= 4 is 33.9 Å². The normalized spacial score (nSPS) is 20.6. The van der Waals surface area contributed by atoms with Gasteiger partial charge in [-0.3, -0.25) is 14.3 Å². The number of hydrogen-bond acceptors (Lipinski definition) is 6. The minimum Gasteiger partial charge on any atom is -0.494 e. The van der Waals surface area contributed by atoms with Gasteiger partial charge in [-0.2, -0.15) is 5.10 Å². The summed E-state index contributed by atoms with van der Waals surface area (Å²) in [4.78, 5) is 34.3. The van der Waals surface area contributed by atoms with Crippen LogP contribution in [0, 0.1) is 12.3 Å². The number of piperidine rings is 1. The molecule has 2 fully saturated rings. The van der Waals surface area contributed by atoms with Crippen LogP contribution in [0.4, 0.5) is 0 Å². The number of nitrogens with zero attached hydrogens (tertiary/aromatic N) is 4. The van der Waals surface area contributed by atoms with Crippen molar-refractivity contribution in [2.45, 2.75) is 57.8 Å². The van der Waals surface area contributed by atoms with Gasteiger partial charge in [0.2, 0.25) is 0 Å². The minimum atomic E-state index is -0.0449. The van der Waals surface area contributed by atoms with E-state index < -0.39 is 0 Å². The third kappa shape index (κ3) is 3.29. The van der Waals surface area contributed by atoms with Crippen LogP contribution in [0.5, 0.6) is 5.75 Å². The van der Waals surface area contributed by atoms with Crippen molar-refractivity contribution in [3.8, 4) is 5.75 Å². The number of amides is 1. The number of ether oxygens (including phenoxy) is 1. The van der Waals surface area contributed by atoms with Crippen molar-refractivity contribution in [2.75, 3.05) is 20.2 Å². The molecular formula is C26H30N4O3S. The summed E-state index contributed by atoms with van der Waals surface area (Å²) in [6.45, 7) is 5.53. The number of carbonyl (C=O) groups is 2.